The van der Waals surface area contributed by atoms with Crippen LogP contribution in [0.5, 0.6) is 0 Å². The molecule has 1 nitrogen and oxygen atoms in total. The number of hydrogen-bond donors (Lipinski definition) is 0. The van der Waals surface area contributed by atoms with Gasteiger partial charge in [0.2, 0.25) is 0 Å². The van der Waals surface area contributed by atoms with Crippen molar-refractivity contribution in [3.8, 4) is 0 Å². The van der Waals surface area contributed by atoms with E-state index in [1.807, 2.05) is 30.5 Å². The van der Waals surface area contributed by atoms with Gasteiger partial charge in [0.15, 0.2) is 5.78 Å². The minimum absolute atomic E-state index is 0.124. The van der Waals surface area contributed by atoms with Gasteiger partial charge in [-0.2, -0.15) is 0 Å². The maximum absolute atomic E-state index is 13.0. The molecule has 0 fully saturated rings. The summed E-state index contributed by atoms with van der Waals surface area (Å²) in [6, 6.07) is 13.4. The first kappa shape index (κ1) is 15.8. The molecule has 0 aliphatic rings. The Morgan fingerprint density at radius 2 is 1.52 bits per heavy atom. The Morgan fingerprint density at radius 3 is 2.00 bits per heavy atom. The number of halogens is 2. The summed E-state index contributed by atoms with van der Waals surface area (Å²) in [4.78, 5) is 13.1. The zero-order valence-electron chi connectivity index (χ0n) is 11.7. The lowest BCUT2D eigenvalue weighted by Gasteiger charge is -2.09. The van der Waals surface area contributed by atoms with Crippen molar-refractivity contribution < 1.29 is 9.18 Å². The van der Waals surface area contributed by atoms with Gasteiger partial charge in [0.25, 0.3) is 0 Å². The van der Waals surface area contributed by atoms with Crippen molar-refractivity contribution in [2.45, 2.75) is 11.8 Å². The first-order valence-corrected chi connectivity index (χ1v) is 7.94. The highest BCUT2D eigenvalue weighted by atomic mass is 35.5. The fourth-order valence-corrected chi connectivity index (χ4v) is 2.76. The molecule has 108 valence electrons. The van der Waals surface area contributed by atoms with Crippen molar-refractivity contribution in [2.24, 2.45) is 0 Å². The van der Waals surface area contributed by atoms with Crippen molar-refractivity contribution in [2.75, 3.05) is 6.26 Å². The summed E-state index contributed by atoms with van der Waals surface area (Å²) >= 11 is 7.99. The lowest BCUT2D eigenvalue weighted by Crippen LogP contribution is -1.98. The van der Waals surface area contributed by atoms with Crippen LogP contribution in [-0.2, 0) is 4.79 Å². The molecular formula is C17H14ClFOS. The fraction of sp³-hybridized carbons (Fsp3) is 0.118. The standard InChI is InChI=1S/C17H14ClFOS/c1-11(20)16(12-5-9-15(21-2)10-6-12)17(18)13-3-7-14(19)8-4-13/h3-10H,1-2H3/b17-16-. The number of benzene rings is 2. The molecule has 0 aliphatic carbocycles. The Balaban J connectivity index is 2.52. The summed E-state index contributed by atoms with van der Waals surface area (Å²) in [6.45, 7) is 1.48. The molecule has 0 heterocycles. The average Bonchev–Trinajstić information content (AvgIpc) is 2.48. The molecule has 0 saturated heterocycles. The van der Waals surface area contributed by atoms with Gasteiger partial charge in [0.1, 0.15) is 5.82 Å². The van der Waals surface area contributed by atoms with Gasteiger partial charge in [-0.25, -0.2) is 4.39 Å². The quantitative estimate of drug-likeness (QED) is 0.435. The van der Waals surface area contributed by atoms with E-state index >= 15 is 0 Å². The van der Waals surface area contributed by atoms with E-state index in [1.165, 1.54) is 19.1 Å². The van der Waals surface area contributed by atoms with Crippen LogP contribution < -0.4 is 0 Å². The van der Waals surface area contributed by atoms with Crippen LogP contribution in [0.25, 0.3) is 10.6 Å². The highest BCUT2D eigenvalue weighted by molar-refractivity contribution is 7.98. The van der Waals surface area contributed by atoms with Crippen LogP contribution in [-0.4, -0.2) is 12.0 Å². The second-order valence-electron chi connectivity index (χ2n) is 4.48. The molecule has 0 atom stereocenters. The SMILES string of the molecule is CSc1ccc(/C(C(C)=O)=C(\Cl)c2ccc(F)cc2)cc1. The predicted molar refractivity (Wildman–Crippen MR) is 88.0 cm³/mol. The van der Waals surface area contributed by atoms with Gasteiger partial charge in [0, 0.05) is 10.5 Å². The van der Waals surface area contributed by atoms with Crippen molar-refractivity contribution in [3.05, 3.63) is 65.5 Å². The summed E-state index contributed by atoms with van der Waals surface area (Å²) in [7, 11) is 0. The summed E-state index contributed by atoms with van der Waals surface area (Å²) in [5.74, 6) is -0.460. The smallest absolute Gasteiger partial charge is 0.161 e. The number of carbonyl (C=O) groups is 1. The lowest BCUT2D eigenvalue weighted by atomic mass is 9.99. The van der Waals surface area contributed by atoms with Gasteiger partial charge in [-0.15, -0.1) is 11.8 Å². The highest BCUT2D eigenvalue weighted by Crippen LogP contribution is 2.31. The van der Waals surface area contributed by atoms with E-state index < -0.39 is 0 Å². The molecule has 0 amide bonds. The molecular weight excluding hydrogens is 307 g/mol. The summed E-state index contributed by atoms with van der Waals surface area (Å²) in [5, 5.41) is 0.333. The molecule has 2 aromatic rings. The molecule has 21 heavy (non-hydrogen) atoms. The first-order chi connectivity index (χ1) is 10.0. The van der Waals surface area contributed by atoms with Crippen molar-refractivity contribution >= 4 is 39.8 Å². The zero-order chi connectivity index (χ0) is 15.4. The van der Waals surface area contributed by atoms with Gasteiger partial charge >= 0.3 is 0 Å². The molecule has 4 heteroatoms. The zero-order valence-corrected chi connectivity index (χ0v) is 13.3. The Kier molecular flexibility index (Phi) is 5.21. The molecule has 0 aliphatic heterocycles. The van der Waals surface area contributed by atoms with Crippen molar-refractivity contribution in [1.82, 2.24) is 0 Å². The minimum Gasteiger partial charge on any atom is -0.294 e. The number of thioether (sulfide) groups is 1. The molecule has 0 saturated carbocycles. The molecule has 0 spiro atoms. The van der Waals surface area contributed by atoms with Gasteiger partial charge in [-0.3, -0.25) is 4.79 Å². The van der Waals surface area contributed by atoms with Crippen LogP contribution in [0, 0.1) is 5.82 Å². The van der Waals surface area contributed by atoms with Gasteiger partial charge in [-0.1, -0.05) is 35.9 Å². The van der Waals surface area contributed by atoms with Crippen molar-refractivity contribution in [3.63, 3.8) is 0 Å². The van der Waals surface area contributed by atoms with Crippen LogP contribution in [0.15, 0.2) is 53.4 Å². The normalized spacial score (nSPS) is 12.0. The maximum atomic E-state index is 13.0. The Morgan fingerprint density at radius 1 is 1.00 bits per heavy atom. The Bertz CT molecular complexity index is 675. The molecule has 0 N–H and O–H groups in total. The third kappa shape index (κ3) is 3.74. The van der Waals surface area contributed by atoms with Crippen LogP contribution in [0.2, 0.25) is 0 Å². The molecule has 2 rings (SSSR count). The fourth-order valence-electron chi connectivity index (χ4n) is 1.98. The van der Waals surface area contributed by atoms with E-state index in [0.717, 1.165) is 10.5 Å². The Labute approximate surface area is 132 Å². The summed E-state index contributed by atoms with van der Waals surface area (Å²) < 4.78 is 13.0. The van der Waals surface area contributed by atoms with Crippen LogP contribution >= 0.6 is 23.4 Å². The third-order valence-corrected chi connectivity index (χ3v) is 4.20. The van der Waals surface area contributed by atoms with E-state index in [-0.39, 0.29) is 11.6 Å². The highest BCUT2D eigenvalue weighted by Gasteiger charge is 2.14. The minimum atomic E-state index is -0.336. The van der Waals surface area contributed by atoms with Crippen LogP contribution in [0.3, 0.4) is 0 Å². The predicted octanol–water partition coefficient (Wildman–Crippen LogP) is 5.24. The molecule has 0 bridgehead atoms. The maximum Gasteiger partial charge on any atom is 0.161 e. The molecule has 0 radical (unpaired) electrons. The molecule has 0 aromatic heterocycles. The summed E-state index contributed by atoms with van der Waals surface area (Å²) in [6.07, 6.45) is 1.99. The number of Topliss-reactive ketones (excluding diaryl/α,β-unsaturated/α-hetero) is 1. The van der Waals surface area contributed by atoms with Crippen LogP contribution in [0.4, 0.5) is 4.39 Å². The second kappa shape index (κ2) is 6.92. The molecule has 2 aromatic carbocycles. The van der Waals surface area contributed by atoms with E-state index in [9.17, 15) is 9.18 Å². The number of rotatable bonds is 4. The van der Waals surface area contributed by atoms with Crippen molar-refractivity contribution in [1.29, 1.82) is 0 Å². The number of ketones is 1. The largest absolute Gasteiger partial charge is 0.294 e. The first-order valence-electron chi connectivity index (χ1n) is 6.34. The van der Waals surface area contributed by atoms with Gasteiger partial charge < -0.3 is 0 Å². The van der Waals surface area contributed by atoms with E-state index in [2.05, 4.69) is 0 Å². The number of carbonyl (C=O) groups excluding carboxylic acids is 1. The van der Waals surface area contributed by atoms with Gasteiger partial charge in [0.05, 0.1) is 5.03 Å². The number of hydrogen-bond acceptors (Lipinski definition) is 2. The Hall–Kier alpha value is -1.58. The lowest BCUT2D eigenvalue weighted by molar-refractivity contribution is -0.111. The number of allylic oxidation sites excluding steroid dienone is 1. The molecule has 0 unspecified atom stereocenters. The van der Waals surface area contributed by atoms with Crippen LogP contribution in [0.1, 0.15) is 18.1 Å². The van der Waals surface area contributed by atoms with E-state index in [4.69, 9.17) is 11.6 Å². The van der Waals surface area contributed by atoms with Gasteiger partial charge in [-0.05, 0) is 48.6 Å². The van der Waals surface area contributed by atoms with E-state index in [0.29, 0.717) is 16.2 Å². The monoisotopic (exact) mass is 320 g/mol. The average molecular weight is 321 g/mol. The van der Waals surface area contributed by atoms with E-state index in [1.54, 1.807) is 23.9 Å². The second-order valence-corrected chi connectivity index (χ2v) is 5.74. The summed E-state index contributed by atoms with van der Waals surface area (Å²) in [5.41, 5.74) is 1.82. The topological polar surface area (TPSA) is 17.1 Å². The third-order valence-electron chi connectivity index (χ3n) is 3.05.